The number of piperidine rings is 1. The van der Waals surface area contributed by atoms with Crippen LogP contribution in [0, 0.1) is 0 Å². The van der Waals surface area contributed by atoms with E-state index < -0.39 is 0 Å². The first-order chi connectivity index (χ1) is 35.6. The van der Waals surface area contributed by atoms with Gasteiger partial charge in [0, 0.05) is 68.6 Å². The SMILES string of the molecule is CCC(/C=C/C(=O)N1CCCC1)=C\c1ccc(OC)c(OC)c1.CCC(/C=C/C(=O)N1CCCC1)=C\c1ccc2c(c1)C=CC(C)(C)O2.CCC(/C=C/C(=O)N1CCCCC1)=C\c1ccc2c(c1)C=CC(C)(C)O2. The van der Waals surface area contributed by atoms with Crippen LogP contribution in [-0.4, -0.2) is 97.1 Å². The molecule has 0 unspecified atom stereocenters. The second-order valence-electron chi connectivity index (χ2n) is 20.5. The van der Waals surface area contributed by atoms with Crippen molar-refractivity contribution in [3.63, 3.8) is 0 Å². The molecule has 3 saturated heterocycles. The van der Waals surface area contributed by atoms with Gasteiger partial charge in [-0.05, 0) is 174 Å². The summed E-state index contributed by atoms with van der Waals surface area (Å²) >= 11 is 0. The smallest absolute Gasteiger partial charge is 0.246 e. The van der Waals surface area contributed by atoms with Gasteiger partial charge in [-0.15, -0.1) is 0 Å². The molecule has 0 spiro atoms. The minimum absolute atomic E-state index is 0.106. The number of fused-ring (bicyclic) bond motifs is 2. The molecule has 3 aromatic carbocycles. The quantitative estimate of drug-likeness (QED) is 0.117. The molecule has 10 nitrogen and oxygen atoms in total. The van der Waals surface area contributed by atoms with Crippen LogP contribution in [0.1, 0.15) is 140 Å². The van der Waals surface area contributed by atoms with Crippen molar-refractivity contribution in [1.82, 2.24) is 14.7 Å². The number of likely N-dealkylation sites (tertiary alicyclic amines) is 3. The maximum absolute atomic E-state index is 12.3. The molecule has 3 amide bonds. The maximum atomic E-state index is 12.3. The summed E-state index contributed by atoms with van der Waals surface area (Å²) in [6.45, 7) is 19.8. The third-order valence-corrected chi connectivity index (χ3v) is 13.7. The van der Waals surface area contributed by atoms with Crippen molar-refractivity contribution in [2.75, 3.05) is 53.5 Å². The van der Waals surface area contributed by atoms with Crippen LogP contribution in [0.5, 0.6) is 23.0 Å². The van der Waals surface area contributed by atoms with E-state index in [1.165, 1.54) is 6.42 Å². The van der Waals surface area contributed by atoms with Crippen molar-refractivity contribution < 1.29 is 33.3 Å². The highest BCUT2D eigenvalue weighted by Gasteiger charge is 2.23. The van der Waals surface area contributed by atoms with Crippen molar-refractivity contribution in [3.8, 4) is 23.0 Å². The highest BCUT2D eigenvalue weighted by molar-refractivity contribution is 5.89. The van der Waals surface area contributed by atoms with E-state index in [1.54, 1.807) is 32.4 Å². The molecule has 0 bridgehead atoms. The molecule has 3 aromatic rings. The van der Waals surface area contributed by atoms with Crippen LogP contribution in [0.25, 0.3) is 30.4 Å². The number of nitrogens with zero attached hydrogens (tertiary/aromatic N) is 3. The Balaban J connectivity index is 0.000000181. The van der Waals surface area contributed by atoms with Crippen molar-refractivity contribution >= 4 is 48.1 Å². The van der Waals surface area contributed by atoms with E-state index in [1.807, 2.05) is 63.3 Å². The summed E-state index contributed by atoms with van der Waals surface area (Å²) in [6.07, 6.45) is 36.3. The number of amides is 3. The normalized spacial score (nSPS) is 18.0. The molecule has 8 rings (SSSR count). The lowest BCUT2D eigenvalue weighted by molar-refractivity contribution is -0.127. The molecule has 5 heterocycles. The molecule has 74 heavy (non-hydrogen) atoms. The molecule has 0 saturated carbocycles. The minimum Gasteiger partial charge on any atom is -0.493 e. The Morgan fingerprint density at radius 3 is 1.16 bits per heavy atom. The fourth-order valence-corrected chi connectivity index (χ4v) is 9.21. The average molecular weight is 1000 g/mol. The van der Waals surface area contributed by atoms with E-state index in [9.17, 15) is 14.4 Å². The summed E-state index contributed by atoms with van der Waals surface area (Å²) < 4.78 is 22.5. The first-order valence-electron chi connectivity index (χ1n) is 26.9. The summed E-state index contributed by atoms with van der Waals surface area (Å²) in [6, 6.07) is 18.3. The predicted molar refractivity (Wildman–Crippen MR) is 304 cm³/mol. The molecule has 0 N–H and O–H groups in total. The maximum Gasteiger partial charge on any atom is 0.246 e. The van der Waals surface area contributed by atoms with Gasteiger partial charge in [0.05, 0.1) is 14.2 Å². The van der Waals surface area contributed by atoms with Gasteiger partial charge in [0.1, 0.15) is 22.7 Å². The van der Waals surface area contributed by atoms with E-state index in [0.29, 0.717) is 11.5 Å². The molecule has 10 heteroatoms. The van der Waals surface area contributed by atoms with Crippen LogP contribution in [0.4, 0.5) is 0 Å². The average Bonchev–Trinajstić information content (AvgIpc) is 4.17. The molecule has 3 fully saturated rings. The van der Waals surface area contributed by atoms with Gasteiger partial charge in [-0.2, -0.15) is 0 Å². The molecule has 0 aromatic heterocycles. The topological polar surface area (TPSA) is 97.8 Å². The highest BCUT2D eigenvalue weighted by atomic mass is 16.5. The molecule has 0 atom stereocenters. The van der Waals surface area contributed by atoms with E-state index in [2.05, 4.69) is 115 Å². The van der Waals surface area contributed by atoms with E-state index >= 15 is 0 Å². The first-order valence-corrected chi connectivity index (χ1v) is 26.9. The van der Waals surface area contributed by atoms with Crippen molar-refractivity contribution in [2.45, 2.75) is 124 Å². The van der Waals surface area contributed by atoms with Gasteiger partial charge in [-0.3, -0.25) is 14.4 Å². The molecule has 394 valence electrons. The van der Waals surface area contributed by atoms with Crippen LogP contribution in [-0.2, 0) is 14.4 Å². The van der Waals surface area contributed by atoms with Gasteiger partial charge >= 0.3 is 0 Å². The number of ether oxygens (including phenoxy) is 4. The number of carbonyl (C=O) groups excluding carboxylic acids is 3. The minimum atomic E-state index is -0.253. The molecule has 5 aliphatic rings. The Morgan fingerprint density at radius 1 is 0.473 bits per heavy atom. The largest absolute Gasteiger partial charge is 0.493 e. The Kier molecular flexibility index (Phi) is 21.0. The van der Waals surface area contributed by atoms with Gasteiger partial charge in [0.25, 0.3) is 0 Å². The third-order valence-electron chi connectivity index (χ3n) is 13.7. The van der Waals surface area contributed by atoms with Crippen LogP contribution in [0.15, 0.2) is 120 Å². The number of hydrogen-bond donors (Lipinski definition) is 0. The van der Waals surface area contributed by atoms with Gasteiger partial charge in [0.15, 0.2) is 11.5 Å². The Labute approximate surface area is 442 Å². The van der Waals surface area contributed by atoms with Crippen LogP contribution >= 0.6 is 0 Å². The first kappa shape index (κ1) is 56.5. The number of methoxy groups -OCH3 is 2. The lowest BCUT2D eigenvalue weighted by atomic mass is 9.99. The number of rotatable bonds is 14. The monoisotopic (exact) mass is 1000 g/mol. The van der Waals surface area contributed by atoms with E-state index in [4.69, 9.17) is 18.9 Å². The summed E-state index contributed by atoms with van der Waals surface area (Å²) in [4.78, 5) is 42.3. The fraction of sp³-hybridized carbons (Fsp3) is 0.422. The van der Waals surface area contributed by atoms with Crippen molar-refractivity contribution in [3.05, 3.63) is 148 Å². The predicted octanol–water partition coefficient (Wildman–Crippen LogP) is 13.8. The third kappa shape index (κ3) is 17.1. The second-order valence-corrected chi connectivity index (χ2v) is 20.5. The van der Waals surface area contributed by atoms with Crippen molar-refractivity contribution in [2.24, 2.45) is 0 Å². The molecular weight excluding hydrogens is 923 g/mol. The molecule has 0 radical (unpaired) electrons. The number of allylic oxidation sites excluding steroid dienone is 6. The number of carbonyl (C=O) groups is 3. The Bertz CT molecular complexity index is 2660. The molecular formula is C64H81N3O7. The number of hydrogen-bond acceptors (Lipinski definition) is 7. The van der Waals surface area contributed by atoms with Gasteiger partial charge in [-0.1, -0.05) is 87.6 Å². The standard InChI is InChI=1S/C23H29NO2.C22H27NO2.C19H25NO3/c1-4-18(9-11-22(25)24-14-6-5-7-15-24)16-19-8-10-21-20(17-19)12-13-23(2,3)26-21;1-4-17(8-10-21(24)23-13-5-6-14-23)15-18-7-9-20-19(16-18)11-12-22(2,3)25-20;1-4-15(8-10-19(21)20-11-5-6-12-20)13-16-7-9-17(22-2)18(14-16)23-3/h8-13,16-17H,4-7,14-15H2,1-3H3;7-12,15-16H,4-6,13-14H2,1-3H3;7-10,13-14H,4-6,11-12H2,1-3H3/b11-9+,18-16+;10-8+,17-15+;10-8+,15-13+. The lowest BCUT2D eigenvalue weighted by Gasteiger charge is -2.27. The second kappa shape index (κ2) is 27.5. The molecule has 0 aliphatic carbocycles. The zero-order valence-corrected chi connectivity index (χ0v) is 45.7. The van der Waals surface area contributed by atoms with Gasteiger partial charge < -0.3 is 33.6 Å². The van der Waals surface area contributed by atoms with Gasteiger partial charge in [-0.25, -0.2) is 0 Å². The van der Waals surface area contributed by atoms with Crippen molar-refractivity contribution in [1.29, 1.82) is 0 Å². The van der Waals surface area contributed by atoms with E-state index in [0.717, 1.165) is 153 Å². The Hall–Kier alpha value is -6.81. The summed E-state index contributed by atoms with van der Waals surface area (Å²) in [5, 5.41) is 0. The molecule has 5 aliphatic heterocycles. The summed E-state index contributed by atoms with van der Waals surface area (Å²) in [5.74, 6) is 3.62. The van der Waals surface area contributed by atoms with Gasteiger partial charge in [0.2, 0.25) is 17.7 Å². The van der Waals surface area contributed by atoms with Crippen LogP contribution < -0.4 is 18.9 Å². The Morgan fingerprint density at radius 2 is 0.811 bits per heavy atom. The fourth-order valence-electron chi connectivity index (χ4n) is 9.21. The zero-order valence-electron chi connectivity index (χ0n) is 45.7. The van der Waals surface area contributed by atoms with Crippen LogP contribution in [0.3, 0.4) is 0 Å². The number of benzene rings is 3. The lowest BCUT2D eigenvalue weighted by Crippen LogP contribution is -2.34. The zero-order chi connectivity index (χ0) is 53.1. The summed E-state index contributed by atoms with van der Waals surface area (Å²) in [5.41, 5.74) is 8.37. The summed E-state index contributed by atoms with van der Waals surface area (Å²) in [7, 11) is 3.25. The highest BCUT2D eigenvalue weighted by Crippen LogP contribution is 2.34. The van der Waals surface area contributed by atoms with Crippen LogP contribution in [0.2, 0.25) is 0 Å². The van der Waals surface area contributed by atoms with E-state index in [-0.39, 0.29) is 28.9 Å².